The van der Waals surface area contributed by atoms with Crippen LogP contribution >= 0.6 is 12.2 Å². The van der Waals surface area contributed by atoms with Crippen LogP contribution in [0.25, 0.3) is 0 Å². The number of quaternary nitrogens is 1. The van der Waals surface area contributed by atoms with E-state index in [2.05, 4.69) is 73.7 Å². The molecule has 2 rings (SSSR count). The van der Waals surface area contributed by atoms with E-state index in [1.165, 1.54) is 16.0 Å². The molecule has 0 amide bonds. The highest BCUT2D eigenvalue weighted by atomic mass is 32.1. The standard InChI is InChI=1S/C19H25N3S/c1-16-8-7-11-18(14-16)20-19(23)22(13-12-21(2)3)15-17-9-5-4-6-10-17/h4-11,14H,12-13,15H2,1-3H3,(H,20,23)/p+1. The van der Waals surface area contributed by atoms with Crippen LogP contribution in [0.1, 0.15) is 11.1 Å². The van der Waals surface area contributed by atoms with Gasteiger partial charge in [0, 0.05) is 12.2 Å². The Labute approximate surface area is 144 Å². The lowest BCUT2D eigenvalue weighted by atomic mass is 10.2. The Kier molecular flexibility index (Phi) is 6.56. The fraction of sp³-hybridized carbons (Fsp3) is 0.316. The van der Waals surface area contributed by atoms with Crippen molar-refractivity contribution in [2.24, 2.45) is 0 Å². The number of benzene rings is 2. The number of rotatable bonds is 6. The molecule has 0 fully saturated rings. The fourth-order valence-corrected chi connectivity index (χ4v) is 2.61. The number of anilines is 1. The van der Waals surface area contributed by atoms with Gasteiger partial charge in [-0.25, -0.2) is 0 Å². The molecule has 0 heterocycles. The number of hydrogen-bond acceptors (Lipinski definition) is 1. The minimum Gasteiger partial charge on any atom is -0.339 e. The minimum atomic E-state index is 0.778. The van der Waals surface area contributed by atoms with Crippen LogP contribution in [0.2, 0.25) is 0 Å². The molecule has 0 unspecified atom stereocenters. The molecule has 0 spiro atoms. The van der Waals surface area contributed by atoms with Crippen molar-refractivity contribution in [1.82, 2.24) is 4.90 Å². The van der Waals surface area contributed by atoms with Gasteiger partial charge in [-0.05, 0) is 42.4 Å². The first-order valence-corrected chi connectivity index (χ1v) is 8.41. The molecule has 0 bridgehead atoms. The lowest BCUT2D eigenvalue weighted by molar-refractivity contribution is -0.857. The Bertz CT molecular complexity index is 626. The van der Waals surface area contributed by atoms with E-state index in [9.17, 15) is 0 Å². The summed E-state index contributed by atoms with van der Waals surface area (Å²) >= 11 is 5.66. The first-order valence-electron chi connectivity index (χ1n) is 8.00. The van der Waals surface area contributed by atoms with Crippen molar-refractivity contribution in [3.63, 3.8) is 0 Å². The number of nitrogens with one attached hydrogen (secondary N) is 2. The fourth-order valence-electron chi connectivity index (χ4n) is 2.34. The lowest BCUT2D eigenvalue weighted by Gasteiger charge is -2.26. The van der Waals surface area contributed by atoms with Gasteiger partial charge in [0.25, 0.3) is 0 Å². The Morgan fingerprint density at radius 1 is 1.09 bits per heavy atom. The summed E-state index contributed by atoms with van der Waals surface area (Å²) in [6.07, 6.45) is 0. The summed E-state index contributed by atoms with van der Waals surface area (Å²) in [5, 5.41) is 4.15. The quantitative estimate of drug-likeness (QED) is 0.794. The summed E-state index contributed by atoms with van der Waals surface area (Å²) in [6.45, 7) is 4.88. The monoisotopic (exact) mass is 328 g/mol. The zero-order valence-corrected chi connectivity index (χ0v) is 15.0. The molecule has 0 radical (unpaired) electrons. The molecule has 0 aliphatic heterocycles. The number of hydrogen-bond donors (Lipinski definition) is 2. The van der Waals surface area contributed by atoms with Crippen molar-refractivity contribution in [2.45, 2.75) is 13.5 Å². The largest absolute Gasteiger partial charge is 0.339 e. The lowest BCUT2D eigenvalue weighted by Crippen LogP contribution is -3.06. The van der Waals surface area contributed by atoms with Crippen LogP contribution in [-0.2, 0) is 6.54 Å². The van der Waals surface area contributed by atoms with Crippen molar-refractivity contribution in [1.29, 1.82) is 0 Å². The van der Waals surface area contributed by atoms with Gasteiger partial charge in [0.1, 0.15) is 0 Å². The zero-order chi connectivity index (χ0) is 16.7. The van der Waals surface area contributed by atoms with Crippen LogP contribution in [0.5, 0.6) is 0 Å². The van der Waals surface area contributed by atoms with E-state index in [-0.39, 0.29) is 0 Å². The maximum Gasteiger partial charge on any atom is 0.173 e. The second-order valence-electron chi connectivity index (χ2n) is 6.16. The summed E-state index contributed by atoms with van der Waals surface area (Å²) in [4.78, 5) is 3.65. The predicted molar refractivity (Wildman–Crippen MR) is 102 cm³/mol. The molecule has 2 N–H and O–H groups in total. The van der Waals surface area contributed by atoms with E-state index < -0.39 is 0 Å². The molecule has 0 aliphatic rings. The van der Waals surface area contributed by atoms with Gasteiger partial charge >= 0.3 is 0 Å². The Balaban J connectivity index is 2.07. The van der Waals surface area contributed by atoms with E-state index in [0.717, 1.165) is 30.4 Å². The van der Waals surface area contributed by atoms with Gasteiger partial charge in [-0.1, -0.05) is 42.5 Å². The smallest absolute Gasteiger partial charge is 0.173 e. The predicted octanol–water partition coefficient (Wildman–Crippen LogP) is 2.34. The molecule has 0 saturated carbocycles. The average molecular weight is 329 g/mol. The van der Waals surface area contributed by atoms with Gasteiger partial charge in [0.15, 0.2) is 5.11 Å². The van der Waals surface area contributed by atoms with Crippen LogP contribution in [0.15, 0.2) is 54.6 Å². The van der Waals surface area contributed by atoms with Crippen molar-refractivity contribution < 1.29 is 4.90 Å². The molecule has 2 aromatic rings. The minimum absolute atomic E-state index is 0.778. The summed E-state index contributed by atoms with van der Waals surface area (Å²) in [7, 11) is 4.33. The van der Waals surface area contributed by atoms with Gasteiger partial charge in [0.2, 0.25) is 0 Å². The summed E-state index contributed by atoms with van der Waals surface area (Å²) in [6, 6.07) is 18.8. The molecule has 3 nitrogen and oxygen atoms in total. The molecular weight excluding hydrogens is 302 g/mol. The van der Waals surface area contributed by atoms with E-state index in [1.807, 2.05) is 12.1 Å². The molecule has 0 saturated heterocycles. The number of aryl methyl sites for hydroxylation is 1. The Hall–Kier alpha value is -1.91. The van der Waals surface area contributed by atoms with Crippen molar-refractivity contribution in [3.8, 4) is 0 Å². The van der Waals surface area contributed by atoms with Crippen LogP contribution in [0.3, 0.4) is 0 Å². The van der Waals surface area contributed by atoms with Gasteiger partial charge in [-0.2, -0.15) is 0 Å². The van der Waals surface area contributed by atoms with E-state index in [0.29, 0.717) is 0 Å². The van der Waals surface area contributed by atoms with Crippen molar-refractivity contribution in [2.75, 3.05) is 32.5 Å². The third-order valence-electron chi connectivity index (χ3n) is 3.65. The van der Waals surface area contributed by atoms with Crippen LogP contribution in [0.4, 0.5) is 5.69 Å². The van der Waals surface area contributed by atoms with E-state index in [4.69, 9.17) is 12.2 Å². The second-order valence-corrected chi connectivity index (χ2v) is 6.55. The molecule has 0 atom stereocenters. The topological polar surface area (TPSA) is 19.7 Å². The van der Waals surface area contributed by atoms with Crippen LogP contribution < -0.4 is 10.2 Å². The summed E-state index contributed by atoms with van der Waals surface area (Å²) in [5.74, 6) is 0. The summed E-state index contributed by atoms with van der Waals surface area (Å²) in [5.41, 5.74) is 3.55. The van der Waals surface area contributed by atoms with Gasteiger partial charge < -0.3 is 15.1 Å². The molecule has 0 aromatic heterocycles. The van der Waals surface area contributed by atoms with Crippen LogP contribution in [0, 0.1) is 6.92 Å². The number of likely N-dealkylation sites (N-methyl/N-ethyl adjacent to an activating group) is 1. The highest BCUT2D eigenvalue weighted by molar-refractivity contribution is 7.80. The normalized spacial score (nSPS) is 10.6. The highest BCUT2D eigenvalue weighted by Gasteiger charge is 2.12. The molecule has 0 aliphatic carbocycles. The third kappa shape index (κ3) is 6.00. The number of thiocarbonyl (C=S) groups is 1. The first kappa shape index (κ1) is 17.4. The van der Waals surface area contributed by atoms with Gasteiger partial charge in [-0.3, -0.25) is 0 Å². The Morgan fingerprint density at radius 2 is 1.83 bits per heavy atom. The second kappa shape index (κ2) is 8.65. The molecule has 23 heavy (non-hydrogen) atoms. The zero-order valence-electron chi connectivity index (χ0n) is 14.2. The van der Waals surface area contributed by atoms with E-state index >= 15 is 0 Å². The number of nitrogens with zero attached hydrogens (tertiary/aromatic N) is 1. The van der Waals surface area contributed by atoms with Gasteiger partial charge in [0.05, 0.1) is 27.2 Å². The van der Waals surface area contributed by atoms with Crippen molar-refractivity contribution in [3.05, 3.63) is 65.7 Å². The maximum absolute atomic E-state index is 5.66. The van der Waals surface area contributed by atoms with Crippen LogP contribution in [-0.4, -0.2) is 37.2 Å². The summed E-state index contributed by atoms with van der Waals surface area (Å²) < 4.78 is 0. The maximum atomic E-state index is 5.66. The Morgan fingerprint density at radius 3 is 2.48 bits per heavy atom. The molecule has 122 valence electrons. The molecule has 4 heteroatoms. The van der Waals surface area contributed by atoms with Crippen molar-refractivity contribution >= 4 is 23.0 Å². The third-order valence-corrected chi connectivity index (χ3v) is 4.01. The van der Waals surface area contributed by atoms with E-state index in [1.54, 1.807) is 0 Å². The first-order chi connectivity index (χ1) is 11.0. The average Bonchev–Trinajstić information content (AvgIpc) is 2.52. The highest BCUT2D eigenvalue weighted by Crippen LogP contribution is 2.12. The SMILES string of the molecule is Cc1cccc(NC(=S)N(CC[NH+](C)C)Cc2ccccc2)c1. The molecule has 2 aromatic carbocycles. The van der Waals surface area contributed by atoms with Gasteiger partial charge in [-0.15, -0.1) is 0 Å². The molecular formula is C19H26N3S+.